The van der Waals surface area contributed by atoms with Crippen LogP contribution in [-0.2, 0) is 11.3 Å². The number of nitrogens with one attached hydrogen (secondary N) is 2. The van der Waals surface area contributed by atoms with Gasteiger partial charge in [0.15, 0.2) is 11.0 Å². The van der Waals surface area contributed by atoms with Crippen LogP contribution in [0.3, 0.4) is 0 Å². The van der Waals surface area contributed by atoms with Crippen molar-refractivity contribution in [2.24, 2.45) is 0 Å². The van der Waals surface area contributed by atoms with Gasteiger partial charge in [0.1, 0.15) is 0 Å². The molecule has 1 heterocycles. The van der Waals surface area contributed by atoms with E-state index in [9.17, 15) is 9.59 Å². The molecule has 0 unspecified atom stereocenters. The third-order valence-electron chi connectivity index (χ3n) is 4.37. The van der Waals surface area contributed by atoms with E-state index in [1.807, 2.05) is 36.6 Å². The molecule has 2 aromatic carbocycles. The molecule has 0 saturated carbocycles. The largest absolute Gasteiger partial charge is 0.342 e. The molecule has 0 aliphatic rings. The summed E-state index contributed by atoms with van der Waals surface area (Å²) in [5, 5.41) is 15.6. The molecule has 0 radical (unpaired) electrons. The molecule has 1 aromatic heterocycles. The predicted octanol–water partition coefficient (Wildman–Crippen LogP) is 4.83. The summed E-state index contributed by atoms with van der Waals surface area (Å²) in [7, 11) is 0. The van der Waals surface area contributed by atoms with Gasteiger partial charge in [-0.2, -0.15) is 0 Å². The van der Waals surface area contributed by atoms with Gasteiger partial charge in [0.25, 0.3) is 5.91 Å². The fourth-order valence-corrected chi connectivity index (χ4v) is 4.13. The lowest BCUT2D eigenvalue weighted by atomic mass is 10.2. The third-order valence-corrected chi connectivity index (χ3v) is 5.88. The van der Waals surface area contributed by atoms with Crippen molar-refractivity contribution < 1.29 is 9.59 Å². The van der Waals surface area contributed by atoms with Gasteiger partial charge in [0.2, 0.25) is 5.91 Å². The lowest BCUT2D eigenvalue weighted by molar-refractivity contribution is -0.113. The Morgan fingerprint density at radius 3 is 2.55 bits per heavy atom. The van der Waals surface area contributed by atoms with Crippen LogP contribution in [0.2, 0.25) is 10.0 Å². The van der Waals surface area contributed by atoms with E-state index in [-0.39, 0.29) is 23.6 Å². The molecule has 0 saturated heterocycles. The maximum absolute atomic E-state index is 12.4. The molecule has 10 heteroatoms. The van der Waals surface area contributed by atoms with Gasteiger partial charge in [0.05, 0.1) is 22.5 Å². The first-order valence-corrected chi connectivity index (χ1v) is 11.3. The topological polar surface area (TPSA) is 88.9 Å². The summed E-state index contributed by atoms with van der Waals surface area (Å²) < 4.78 is 1.88. The Hall–Kier alpha value is -2.55. The lowest BCUT2D eigenvalue weighted by Gasteiger charge is -2.15. The van der Waals surface area contributed by atoms with E-state index in [1.54, 1.807) is 30.3 Å². The van der Waals surface area contributed by atoms with Crippen LogP contribution in [-0.4, -0.2) is 32.3 Å². The maximum Gasteiger partial charge on any atom is 0.251 e. The van der Waals surface area contributed by atoms with E-state index in [0.29, 0.717) is 38.8 Å². The molecule has 0 fully saturated rings. The Bertz CT molecular complexity index is 1070. The number of benzene rings is 2. The van der Waals surface area contributed by atoms with Crippen molar-refractivity contribution in [3.8, 4) is 0 Å². The van der Waals surface area contributed by atoms with Crippen LogP contribution in [0.4, 0.5) is 5.69 Å². The second-order valence-electron chi connectivity index (χ2n) is 6.61. The molecule has 2 N–H and O–H groups in total. The molecular weight excluding hydrogens is 457 g/mol. The number of rotatable bonds is 8. The van der Waals surface area contributed by atoms with Gasteiger partial charge in [-0.25, -0.2) is 0 Å². The smallest absolute Gasteiger partial charge is 0.251 e. The molecule has 31 heavy (non-hydrogen) atoms. The Morgan fingerprint density at radius 1 is 1.13 bits per heavy atom. The predicted molar refractivity (Wildman–Crippen MR) is 124 cm³/mol. The van der Waals surface area contributed by atoms with E-state index < -0.39 is 0 Å². The molecule has 7 nitrogen and oxygen atoms in total. The van der Waals surface area contributed by atoms with Crippen molar-refractivity contribution in [1.29, 1.82) is 0 Å². The number of thioether (sulfide) groups is 1. The molecule has 0 bridgehead atoms. The molecule has 3 rings (SSSR count). The second kappa shape index (κ2) is 10.7. The molecular formula is C21H21Cl2N5O2S. The molecule has 0 spiro atoms. The van der Waals surface area contributed by atoms with Gasteiger partial charge in [-0.3, -0.25) is 9.59 Å². The van der Waals surface area contributed by atoms with E-state index in [2.05, 4.69) is 20.8 Å². The van der Waals surface area contributed by atoms with Gasteiger partial charge in [-0.05, 0) is 44.2 Å². The maximum atomic E-state index is 12.4. The van der Waals surface area contributed by atoms with Crippen LogP contribution in [0.5, 0.6) is 0 Å². The number of aromatic nitrogens is 3. The lowest BCUT2D eigenvalue weighted by Crippen LogP contribution is -2.28. The van der Waals surface area contributed by atoms with Gasteiger partial charge < -0.3 is 15.2 Å². The van der Waals surface area contributed by atoms with Crippen molar-refractivity contribution in [3.63, 3.8) is 0 Å². The van der Waals surface area contributed by atoms with Gasteiger partial charge in [0, 0.05) is 17.1 Å². The Morgan fingerprint density at radius 2 is 1.87 bits per heavy atom. The van der Waals surface area contributed by atoms with Crippen molar-refractivity contribution in [3.05, 3.63) is 70.0 Å². The fraction of sp³-hybridized carbons (Fsp3) is 0.238. The first kappa shape index (κ1) is 23.1. The highest BCUT2D eigenvalue weighted by Crippen LogP contribution is 2.26. The monoisotopic (exact) mass is 477 g/mol. The van der Waals surface area contributed by atoms with E-state index in [0.717, 1.165) is 0 Å². The normalized spacial score (nSPS) is 11.7. The van der Waals surface area contributed by atoms with Crippen LogP contribution < -0.4 is 10.6 Å². The Labute approximate surface area is 194 Å². The highest BCUT2D eigenvalue weighted by atomic mass is 35.5. The summed E-state index contributed by atoms with van der Waals surface area (Å²) in [6.45, 7) is 4.40. The third kappa shape index (κ3) is 6.00. The van der Waals surface area contributed by atoms with Crippen molar-refractivity contribution in [2.45, 2.75) is 31.6 Å². The summed E-state index contributed by atoms with van der Waals surface area (Å²) in [6.07, 6.45) is 0. The zero-order valence-corrected chi connectivity index (χ0v) is 19.3. The minimum atomic E-state index is -0.351. The van der Waals surface area contributed by atoms with Crippen LogP contribution >= 0.6 is 35.0 Å². The SMILES string of the molecule is CCn1c(SCC(=O)Nc2ccc(Cl)cc2Cl)nnc1[C@H](C)NC(=O)c1ccccc1. The first-order valence-electron chi connectivity index (χ1n) is 9.55. The zero-order valence-electron chi connectivity index (χ0n) is 16.9. The van der Waals surface area contributed by atoms with Crippen LogP contribution in [0.1, 0.15) is 36.1 Å². The summed E-state index contributed by atoms with van der Waals surface area (Å²) in [4.78, 5) is 24.8. The average molecular weight is 478 g/mol. The van der Waals surface area contributed by atoms with Crippen molar-refractivity contribution in [2.75, 3.05) is 11.1 Å². The first-order chi connectivity index (χ1) is 14.9. The number of carbonyl (C=O) groups excluding carboxylic acids is 2. The van der Waals surface area contributed by atoms with Crippen molar-refractivity contribution >= 4 is 52.5 Å². The number of anilines is 1. The quantitative estimate of drug-likeness (QED) is 0.453. The van der Waals surface area contributed by atoms with Crippen LogP contribution in [0, 0.1) is 0 Å². The van der Waals surface area contributed by atoms with Gasteiger partial charge in [-0.15, -0.1) is 10.2 Å². The van der Waals surface area contributed by atoms with E-state index in [1.165, 1.54) is 11.8 Å². The summed E-state index contributed by atoms with van der Waals surface area (Å²) in [5.74, 6) is 0.330. The molecule has 0 aliphatic heterocycles. The molecule has 162 valence electrons. The number of amides is 2. The fourth-order valence-electron chi connectivity index (χ4n) is 2.87. The molecule has 3 aromatic rings. The summed E-state index contributed by atoms with van der Waals surface area (Å²) in [6, 6.07) is 13.5. The van der Waals surface area contributed by atoms with Gasteiger partial charge >= 0.3 is 0 Å². The summed E-state index contributed by atoms with van der Waals surface area (Å²) >= 11 is 13.2. The zero-order chi connectivity index (χ0) is 22.4. The number of carbonyl (C=O) groups is 2. The minimum absolute atomic E-state index is 0.127. The second-order valence-corrected chi connectivity index (χ2v) is 8.39. The number of nitrogens with zero attached hydrogens (tertiary/aromatic N) is 3. The van der Waals surface area contributed by atoms with Crippen LogP contribution in [0.25, 0.3) is 0 Å². The van der Waals surface area contributed by atoms with Crippen LogP contribution in [0.15, 0.2) is 53.7 Å². The van der Waals surface area contributed by atoms with E-state index >= 15 is 0 Å². The van der Waals surface area contributed by atoms with Gasteiger partial charge in [-0.1, -0.05) is 53.2 Å². The highest BCUT2D eigenvalue weighted by Gasteiger charge is 2.20. The number of hydrogen-bond donors (Lipinski definition) is 2. The van der Waals surface area contributed by atoms with Crippen molar-refractivity contribution in [1.82, 2.24) is 20.1 Å². The number of halogens is 2. The molecule has 0 aliphatic carbocycles. The number of hydrogen-bond acceptors (Lipinski definition) is 5. The molecule has 2 amide bonds. The standard InChI is InChI=1S/C21H21Cl2N5O2S/c1-3-28-19(13(2)24-20(30)14-7-5-4-6-8-14)26-27-21(28)31-12-18(29)25-17-10-9-15(22)11-16(17)23/h4-11,13H,3,12H2,1-2H3,(H,24,30)(H,25,29)/t13-/m0/s1. The minimum Gasteiger partial charge on any atom is -0.342 e. The Balaban J connectivity index is 1.62. The van der Waals surface area contributed by atoms with E-state index in [4.69, 9.17) is 23.2 Å². The average Bonchev–Trinajstić information content (AvgIpc) is 3.18. The summed E-state index contributed by atoms with van der Waals surface area (Å²) in [5.41, 5.74) is 1.07. The highest BCUT2D eigenvalue weighted by molar-refractivity contribution is 7.99. The Kier molecular flexibility index (Phi) is 7.95. The molecule has 1 atom stereocenters.